The van der Waals surface area contributed by atoms with Crippen LogP contribution in [-0.4, -0.2) is 6.04 Å². The molecule has 0 spiro atoms. The zero-order valence-electron chi connectivity index (χ0n) is 12.3. The Bertz CT molecular complexity index is 261. The lowest BCUT2D eigenvalue weighted by atomic mass is 9.48. The van der Waals surface area contributed by atoms with E-state index in [2.05, 4.69) is 13.8 Å². The summed E-state index contributed by atoms with van der Waals surface area (Å²) in [7, 11) is 0. The summed E-state index contributed by atoms with van der Waals surface area (Å²) in [6, 6.07) is 0.459. The SMILES string of the molecule is CCCC(C)C(N)CC12CC3CC(CC(C3)C1)C2. The number of hydrogen-bond acceptors (Lipinski definition) is 1. The lowest BCUT2D eigenvalue weighted by Crippen LogP contribution is -2.49. The molecular formula is C17H31N. The summed E-state index contributed by atoms with van der Waals surface area (Å²) in [5, 5.41) is 0. The quantitative estimate of drug-likeness (QED) is 0.770. The van der Waals surface area contributed by atoms with E-state index in [1.165, 1.54) is 38.5 Å². The van der Waals surface area contributed by atoms with Gasteiger partial charge in [-0.25, -0.2) is 0 Å². The molecule has 2 atom stereocenters. The van der Waals surface area contributed by atoms with E-state index in [0.717, 1.165) is 23.7 Å². The van der Waals surface area contributed by atoms with E-state index in [4.69, 9.17) is 5.73 Å². The van der Waals surface area contributed by atoms with Crippen molar-refractivity contribution in [2.75, 3.05) is 0 Å². The van der Waals surface area contributed by atoms with Crippen molar-refractivity contribution in [2.24, 2.45) is 34.8 Å². The normalized spacial score (nSPS) is 45.2. The predicted molar refractivity (Wildman–Crippen MR) is 77.3 cm³/mol. The molecule has 4 saturated carbocycles. The lowest BCUT2D eigenvalue weighted by Gasteiger charge is -2.57. The summed E-state index contributed by atoms with van der Waals surface area (Å²) in [6.45, 7) is 4.66. The Morgan fingerprint density at radius 2 is 1.56 bits per heavy atom. The van der Waals surface area contributed by atoms with Gasteiger partial charge in [0.1, 0.15) is 0 Å². The van der Waals surface area contributed by atoms with Crippen LogP contribution in [0.5, 0.6) is 0 Å². The van der Waals surface area contributed by atoms with Crippen molar-refractivity contribution in [3.8, 4) is 0 Å². The molecule has 0 aliphatic heterocycles. The van der Waals surface area contributed by atoms with E-state index in [9.17, 15) is 0 Å². The van der Waals surface area contributed by atoms with Gasteiger partial charge in [-0.15, -0.1) is 0 Å². The van der Waals surface area contributed by atoms with E-state index >= 15 is 0 Å². The van der Waals surface area contributed by atoms with Crippen LogP contribution in [0.2, 0.25) is 0 Å². The van der Waals surface area contributed by atoms with Crippen molar-refractivity contribution in [3.63, 3.8) is 0 Å². The van der Waals surface area contributed by atoms with Gasteiger partial charge in [0.05, 0.1) is 0 Å². The monoisotopic (exact) mass is 249 g/mol. The van der Waals surface area contributed by atoms with Crippen LogP contribution in [0.1, 0.15) is 71.6 Å². The van der Waals surface area contributed by atoms with Gasteiger partial charge in [0, 0.05) is 6.04 Å². The topological polar surface area (TPSA) is 26.0 Å². The molecule has 4 fully saturated rings. The molecule has 1 heteroatoms. The van der Waals surface area contributed by atoms with Crippen molar-refractivity contribution in [2.45, 2.75) is 77.7 Å². The zero-order valence-corrected chi connectivity index (χ0v) is 12.3. The fourth-order valence-corrected chi connectivity index (χ4v) is 5.91. The van der Waals surface area contributed by atoms with Gasteiger partial charge in [-0.05, 0) is 80.5 Å². The van der Waals surface area contributed by atoms with Crippen LogP contribution < -0.4 is 5.73 Å². The molecular weight excluding hydrogens is 218 g/mol. The molecule has 104 valence electrons. The van der Waals surface area contributed by atoms with Crippen molar-refractivity contribution < 1.29 is 0 Å². The maximum Gasteiger partial charge on any atom is 0.00698 e. The highest BCUT2D eigenvalue weighted by Gasteiger charge is 2.51. The second-order valence-corrected chi connectivity index (χ2v) is 8.05. The minimum absolute atomic E-state index is 0.459. The first kappa shape index (κ1) is 13.0. The van der Waals surface area contributed by atoms with Crippen molar-refractivity contribution in [3.05, 3.63) is 0 Å². The highest BCUT2D eigenvalue weighted by Crippen LogP contribution is 2.61. The first-order valence-corrected chi connectivity index (χ1v) is 8.36. The summed E-state index contributed by atoms with van der Waals surface area (Å²) >= 11 is 0. The zero-order chi connectivity index (χ0) is 12.8. The van der Waals surface area contributed by atoms with Crippen molar-refractivity contribution in [1.29, 1.82) is 0 Å². The van der Waals surface area contributed by atoms with Crippen LogP contribution in [0.3, 0.4) is 0 Å². The van der Waals surface area contributed by atoms with Crippen LogP contribution in [0.4, 0.5) is 0 Å². The maximum absolute atomic E-state index is 6.52. The fraction of sp³-hybridized carbons (Fsp3) is 1.00. The Morgan fingerprint density at radius 1 is 1.06 bits per heavy atom. The third-order valence-electron chi connectivity index (χ3n) is 6.31. The van der Waals surface area contributed by atoms with E-state index in [1.807, 2.05) is 0 Å². The lowest BCUT2D eigenvalue weighted by molar-refractivity contribution is -0.0626. The standard InChI is InChI=1S/C17H31N/c1-3-4-12(2)16(18)11-17-8-13-5-14(9-17)7-15(6-13)10-17/h12-16H,3-11,18H2,1-2H3. The van der Waals surface area contributed by atoms with Gasteiger partial charge in [0.2, 0.25) is 0 Å². The smallest absolute Gasteiger partial charge is 0.00698 e. The Kier molecular flexibility index (Phi) is 3.47. The molecule has 4 aliphatic carbocycles. The minimum atomic E-state index is 0.459. The molecule has 0 aromatic rings. The molecule has 0 aromatic heterocycles. The Hall–Kier alpha value is -0.0400. The van der Waals surface area contributed by atoms with E-state index in [-0.39, 0.29) is 0 Å². The maximum atomic E-state index is 6.52. The van der Waals surface area contributed by atoms with Crippen LogP contribution in [0, 0.1) is 29.1 Å². The third kappa shape index (κ3) is 2.35. The van der Waals surface area contributed by atoms with Gasteiger partial charge in [-0.3, -0.25) is 0 Å². The van der Waals surface area contributed by atoms with Gasteiger partial charge in [-0.2, -0.15) is 0 Å². The average Bonchev–Trinajstić information content (AvgIpc) is 2.26. The number of nitrogens with two attached hydrogens (primary N) is 1. The van der Waals surface area contributed by atoms with Gasteiger partial charge in [0.15, 0.2) is 0 Å². The second kappa shape index (κ2) is 4.81. The molecule has 0 saturated heterocycles. The minimum Gasteiger partial charge on any atom is -0.327 e. The van der Waals surface area contributed by atoms with Gasteiger partial charge in [0.25, 0.3) is 0 Å². The summed E-state index contributed by atoms with van der Waals surface area (Å²) in [4.78, 5) is 0. The summed E-state index contributed by atoms with van der Waals surface area (Å²) in [6.07, 6.45) is 13.2. The average molecular weight is 249 g/mol. The first-order valence-electron chi connectivity index (χ1n) is 8.36. The molecule has 0 aromatic carbocycles. The van der Waals surface area contributed by atoms with Crippen LogP contribution in [0.15, 0.2) is 0 Å². The van der Waals surface area contributed by atoms with Crippen LogP contribution >= 0.6 is 0 Å². The van der Waals surface area contributed by atoms with E-state index in [1.54, 1.807) is 19.3 Å². The van der Waals surface area contributed by atoms with Crippen LogP contribution in [0.25, 0.3) is 0 Å². The second-order valence-electron chi connectivity index (χ2n) is 8.05. The molecule has 4 bridgehead atoms. The molecule has 4 aliphatic rings. The molecule has 0 amide bonds. The Balaban J connectivity index is 1.65. The summed E-state index contributed by atoms with van der Waals surface area (Å²) < 4.78 is 0. The molecule has 0 radical (unpaired) electrons. The molecule has 0 heterocycles. The number of rotatable bonds is 5. The van der Waals surface area contributed by atoms with Crippen molar-refractivity contribution in [1.82, 2.24) is 0 Å². The third-order valence-corrected chi connectivity index (χ3v) is 6.31. The Morgan fingerprint density at radius 3 is 2.00 bits per heavy atom. The van der Waals surface area contributed by atoms with E-state index in [0.29, 0.717) is 11.5 Å². The van der Waals surface area contributed by atoms with Crippen LogP contribution in [-0.2, 0) is 0 Å². The largest absolute Gasteiger partial charge is 0.327 e. The molecule has 4 rings (SSSR count). The molecule has 1 nitrogen and oxygen atoms in total. The number of hydrogen-bond donors (Lipinski definition) is 1. The first-order chi connectivity index (χ1) is 8.60. The predicted octanol–water partition coefficient (Wildman–Crippen LogP) is 4.36. The molecule has 2 unspecified atom stereocenters. The summed E-state index contributed by atoms with van der Waals surface area (Å²) in [5.74, 6) is 3.95. The van der Waals surface area contributed by atoms with Gasteiger partial charge in [-0.1, -0.05) is 20.3 Å². The molecule has 18 heavy (non-hydrogen) atoms. The van der Waals surface area contributed by atoms with Crippen molar-refractivity contribution >= 4 is 0 Å². The highest BCUT2D eigenvalue weighted by molar-refractivity contribution is 5.02. The van der Waals surface area contributed by atoms with E-state index < -0.39 is 0 Å². The highest BCUT2D eigenvalue weighted by atomic mass is 14.7. The summed E-state index contributed by atoms with van der Waals surface area (Å²) in [5.41, 5.74) is 7.20. The van der Waals surface area contributed by atoms with Gasteiger partial charge < -0.3 is 5.73 Å². The van der Waals surface area contributed by atoms with Gasteiger partial charge >= 0.3 is 0 Å². The molecule has 2 N–H and O–H groups in total. The fourth-order valence-electron chi connectivity index (χ4n) is 5.91. The Labute approximate surface area is 113 Å².